The molecule has 0 heterocycles. The number of rotatable bonds is 4. The number of hydrogen-bond acceptors (Lipinski definition) is 2. The highest BCUT2D eigenvalue weighted by molar-refractivity contribution is 6.42. The van der Waals surface area contributed by atoms with Gasteiger partial charge in [-0.2, -0.15) is 0 Å². The molecular formula is C14H19Cl2NO. The molecule has 0 radical (unpaired) electrons. The molecule has 1 N–H and O–H groups in total. The summed E-state index contributed by atoms with van der Waals surface area (Å²) >= 11 is 12.1. The molecule has 0 saturated heterocycles. The second-order valence-electron chi connectivity index (χ2n) is 4.87. The van der Waals surface area contributed by atoms with Crippen molar-refractivity contribution in [3.05, 3.63) is 33.8 Å². The second-order valence-corrected chi connectivity index (χ2v) is 5.69. The number of nitrogens with one attached hydrogen (secondary N) is 1. The van der Waals surface area contributed by atoms with Crippen molar-refractivity contribution in [2.45, 2.75) is 37.3 Å². The predicted molar refractivity (Wildman–Crippen MR) is 76.5 cm³/mol. The number of ether oxygens (including phenoxy) is 1. The molecule has 0 bridgehead atoms. The van der Waals surface area contributed by atoms with E-state index < -0.39 is 0 Å². The minimum Gasteiger partial charge on any atom is -0.376 e. The van der Waals surface area contributed by atoms with Gasteiger partial charge in [-0.1, -0.05) is 42.1 Å². The van der Waals surface area contributed by atoms with E-state index in [0.29, 0.717) is 10.0 Å². The van der Waals surface area contributed by atoms with Gasteiger partial charge in [0, 0.05) is 7.11 Å². The van der Waals surface area contributed by atoms with Crippen molar-refractivity contribution in [2.75, 3.05) is 14.2 Å². The average Bonchev–Trinajstić information content (AvgIpc) is 2.84. The Hall–Kier alpha value is -0.280. The standard InChI is InChI=1S/C14H19Cl2NO/c1-17-13(14(18-2)7-3-4-8-14)10-5-6-11(15)12(16)9-10/h5-6,9,13,17H,3-4,7-8H2,1-2H3. The van der Waals surface area contributed by atoms with Gasteiger partial charge in [-0.25, -0.2) is 0 Å². The molecule has 1 aliphatic rings. The second kappa shape index (κ2) is 5.79. The Bertz CT molecular complexity index is 416. The van der Waals surface area contributed by atoms with Crippen molar-refractivity contribution in [2.24, 2.45) is 0 Å². The highest BCUT2D eigenvalue weighted by Gasteiger charge is 2.41. The molecule has 0 aliphatic heterocycles. The minimum atomic E-state index is -0.119. The van der Waals surface area contributed by atoms with Crippen LogP contribution in [0, 0.1) is 0 Å². The van der Waals surface area contributed by atoms with E-state index in [2.05, 4.69) is 5.32 Å². The van der Waals surface area contributed by atoms with E-state index in [1.165, 1.54) is 12.8 Å². The molecule has 1 atom stereocenters. The minimum absolute atomic E-state index is 0.119. The van der Waals surface area contributed by atoms with E-state index in [4.69, 9.17) is 27.9 Å². The van der Waals surface area contributed by atoms with Crippen LogP contribution >= 0.6 is 23.2 Å². The van der Waals surface area contributed by atoms with Crippen molar-refractivity contribution < 1.29 is 4.74 Å². The summed E-state index contributed by atoms with van der Waals surface area (Å²) in [5, 5.41) is 4.56. The van der Waals surface area contributed by atoms with Crippen molar-refractivity contribution in [3.63, 3.8) is 0 Å². The molecule has 1 fully saturated rings. The lowest BCUT2D eigenvalue weighted by atomic mass is 9.87. The molecule has 2 nitrogen and oxygen atoms in total. The van der Waals surface area contributed by atoms with Crippen LogP contribution in [0.25, 0.3) is 0 Å². The van der Waals surface area contributed by atoms with E-state index in [0.717, 1.165) is 18.4 Å². The third kappa shape index (κ3) is 2.53. The fourth-order valence-corrected chi connectivity index (χ4v) is 3.32. The Morgan fingerprint density at radius 3 is 2.39 bits per heavy atom. The summed E-state index contributed by atoms with van der Waals surface area (Å²) in [5.74, 6) is 0. The van der Waals surface area contributed by atoms with Crippen LogP contribution < -0.4 is 5.32 Å². The van der Waals surface area contributed by atoms with Gasteiger partial charge in [0.1, 0.15) is 0 Å². The molecule has 0 aromatic heterocycles. The monoisotopic (exact) mass is 287 g/mol. The van der Waals surface area contributed by atoms with Crippen LogP contribution in [0.1, 0.15) is 37.3 Å². The normalized spacial score (nSPS) is 20.0. The highest BCUT2D eigenvalue weighted by atomic mass is 35.5. The molecule has 1 aliphatic carbocycles. The topological polar surface area (TPSA) is 21.3 Å². The highest BCUT2D eigenvalue weighted by Crippen LogP contribution is 2.43. The molecule has 1 saturated carbocycles. The molecule has 0 amide bonds. The summed E-state index contributed by atoms with van der Waals surface area (Å²) < 4.78 is 5.84. The van der Waals surface area contributed by atoms with Crippen LogP contribution in [0.3, 0.4) is 0 Å². The smallest absolute Gasteiger partial charge is 0.0872 e. The van der Waals surface area contributed by atoms with Gasteiger partial charge in [-0.3, -0.25) is 0 Å². The van der Waals surface area contributed by atoms with Gasteiger partial charge >= 0.3 is 0 Å². The maximum Gasteiger partial charge on any atom is 0.0872 e. The Morgan fingerprint density at radius 1 is 1.22 bits per heavy atom. The lowest BCUT2D eigenvalue weighted by molar-refractivity contribution is -0.0348. The first kappa shape index (κ1) is 14.1. The van der Waals surface area contributed by atoms with Crippen LogP contribution in [0.5, 0.6) is 0 Å². The first-order valence-corrected chi connectivity index (χ1v) is 7.06. The molecule has 100 valence electrons. The quantitative estimate of drug-likeness (QED) is 0.896. The molecule has 1 aromatic carbocycles. The third-order valence-electron chi connectivity index (χ3n) is 3.95. The molecule has 2 rings (SSSR count). The van der Waals surface area contributed by atoms with Gasteiger partial charge in [0.25, 0.3) is 0 Å². The SMILES string of the molecule is CNC(c1ccc(Cl)c(Cl)c1)C1(OC)CCCC1. The van der Waals surface area contributed by atoms with Crippen molar-refractivity contribution in [3.8, 4) is 0 Å². The number of methoxy groups -OCH3 is 1. The predicted octanol–water partition coefficient (Wildman–Crippen LogP) is 4.21. The van der Waals surface area contributed by atoms with E-state index in [1.807, 2.05) is 25.2 Å². The van der Waals surface area contributed by atoms with Gasteiger partial charge in [0.2, 0.25) is 0 Å². The van der Waals surface area contributed by atoms with Crippen LogP contribution in [-0.2, 0) is 4.74 Å². The Labute approximate surface area is 119 Å². The number of halogens is 2. The van der Waals surface area contributed by atoms with Gasteiger partial charge in [-0.05, 0) is 37.6 Å². The van der Waals surface area contributed by atoms with Crippen LogP contribution in [-0.4, -0.2) is 19.8 Å². The van der Waals surface area contributed by atoms with E-state index in [9.17, 15) is 0 Å². The Kier molecular flexibility index (Phi) is 4.54. The summed E-state index contributed by atoms with van der Waals surface area (Å²) in [5.41, 5.74) is 1.02. The number of benzene rings is 1. The first-order chi connectivity index (χ1) is 8.63. The zero-order chi connectivity index (χ0) is 13.2. The molecule has 0 spiro atoms. The summed E-state index contributed by atoms with van der Waals surface area (Å²) in [4.78, 5) is 0. The molecule has 18 heavy (non-hydrogen) atoms. The molecule has 1 unspecified atom stereocenters. The third-order valence-corrected chi connectivity index (χ3v) is 4.69. The van der Waals surface area contributed by atoms with E-state index in [1.54, 1.807) is 7.11 Å². The maximum atomic E-state index is 6.11. The van der Waals surface area contributed by atoms with Gasteiger partial charge in [0.05, 0.1) is 21.7 Å². The number of hydrogen-bond donors (Lipinski definition) is 1. The van der Waals surface area contributed by atoms with Gasteiger partial charge < -0.3 is 10.1 Å². The maximum absolute atomic E-state index is 6.11. The van der Waals surface area contributed by atoms with E-state index >= 15 is 0 Å². The van der Waals surface area contributed by atoms with E-state index in [-0.39, 0.29) is 11.6 Å². The van der Waals surface area contributed by atoms with Crippen molar-refractivity contribution >= 4 is 23.2 Å². The Balaban J connectivity index is 2.34. The van der Waals surface area contributed by atoms with Crippen LogP contribution in [0.2, 0.25) is 10.0 Å². The number of likely N-dealkylation sites (N-methyl/N-ethyl adjacent to an activating group) is 1. The lowest BCUT2D eigenvalue weighted by Gasteiger charge is -2.36. The van der Waals surface area contributed by atoms with Crippen molar-refractivity contribution in [1.82, 2.24) is 5.32 Å². The van der Waals surface area contributed by atoms with Gasteiger partial charge in [-0.15, -0.1) is 0 Å². The fourth-order valence-electron chi connectivity index (χ4n) is 3.01. The fraction of sp³-hybridized carbons (Fsp3) is 0.571. The summed E-state index contributed by atoms with van der Waals surface area (Å²) in [6.45, 7) is 0. The Morgan fingerprint density at radius 2 is 1.89 bits per heavy atom. The first-order valence-electron chi connectivity index (χ1n) is 6.30. The largest absolute Gasteiger partial charge is 0.376 e. The zero-order valence-corrected chi connectivity index (χ0v) is 12.3. The lowest BCUT2D eigenvalue weighted by Crippen LogP contribution is -2.42. The molecule has 4 heteroatoms. The molecule has 1 aromatic rings. The van der Waals surface area contributed by atoms with Gasteiger partial charge in [0.15, 0.2) is 0 Å². The average molecular weight is 288 g/mol. The van der Waals surface area contributed by atoms with Crippen molar-refractivity contribution in [1.29, 1.82) is 0 Å². The zero-order valence-electron chi connectivity index (χ0n) is 10.8. The molecular weight excluding hydrogens is 269 g/mol. The summed E-state index contributed by atoms with van der Waals surface area (Å²) in [6.07, 6.45) is 4.59. The van der Waals surface area contributed by atoms with Crippen LogP contribution in [0.15, 0.2) is 18.2 Å². The van der Waals surface area contributed by atoms with Crippen LogP contribution in [0.4, 0.5) is 0 Å². The summed E-state index contributed by atoms with van der Waals surface area (Å²) in [6, 6.07) is 5.96. The summed E-state index contributed by atoms with van der Waals surface area (Å²) in [7, 11) is 3.76.